The van der Waals surface area contributed by atoms with E-state index in [0.29, 0.717) is 6.54 Å². The summed E-state index contributed by atoms with van der Waals surface area (Å²) in [7, 11) is 1.44. The first-order valence-corrected chi connectivity index (χ1v) is 9.20. The Morgan fingerprint density at radius 3 is 2.28 bits per heavy atom. The number of hydrogen-bond acceptors (Lipinski definition) is 6. The molecule has 0 atom stereocenters. The Hall–Kier alpha value is -3.81. The normalized spacial score (nSPS) is 12.7. The standard InChI is InChI=1S/C19H18N4O4.C2H6/c1-20-17(25)12-8-5-9-13(16(12)24)22-15-14(18(26)23-19(15)27)21-10-11-6-3-2-4-7-11;1-2/h2-9,24H,10H2,1H3,(H,20,25)(H3,21,22,23,26,27);1-2H3. The Balaban J connectivity index is 0.00000145. The van der Waals surface area contributed by atoms with Gasteiger partial charge in [0.1, 0.15) is 11.4 Å². The van der Waals surface area contributed by atoms with Crippen LogP contribution >= 0.6 is 0 Å². The highest BCUT2D eigenvalue weighted by Gasteiger charge is 2.31. The van der Waals surface area contributed by atoms with Crippen LogP contribution in [0.3, 0.4) is 0 Å². The number of aromatic hydroxyl groups is 1. The minimum Gasteiger partial charge on any atom is -0.505 e. The maximum atomic E-state index is 12.1. The van der Waals surface area contributed by atoms with E-state index in [4.69, 9.17) is 0 Å². The molecule has 0 aromatic heterocycles. The number of carbonyl (C=O) groups excluding carboxylic acids is 3. The lowest BCUT2D eigenvalue weighted by molar-refractivity contribution is -0.124. The van der Waals surface area contributed by atoms with Gasteiger partial charge in [-0.05, 0) is 17.7 Å². The number of anilines is 1. The van der Waals surface area contributed by atoms with Crippen molar-refractivity contribution in [2.24, 2.45) is 0 Å². The van der Waals surface area contributed by atoms with Crippen LogP contribution in [0.25, 0.3) is 0 Å². The van der Waals surface area contributed by atoms with Crippen LogP contribution in [0, 0.1) is 0 Å². The zero-order valence-electron chi connectivity index (χ0n) is 16.5. The molecule has 0 saturated carbocycles. The summed E-state index contributed by atoms with van der Waals surface area (Å²) < 4.78 is 0. The Kier molecular flexibility index (Phi) is 7.36. The third-order valence-corrected chi connectivity index (χ3v) is 4.01. The molecule has 0 aliphatic carbocycles. The fourth-order valence-electron chi connectivity index (χ4n) is 2.63. The Morgan fingerprint density at radius 1 is 0.966 bits per heavy atom. The van der Waals surface area contributed by atoms with E-state index in [0.717, 1.165) is 5.56 Å². The Labute approximate surface area is 169 Å². The van der Waals surface area contributed by atoms with E-state index < -0.39 is 17.7 Å². The van der Waals surface area contributed by atoms with Crippen molar-refractivity contribution in [3.63, 3.8) is 0 Å². The summed E-state index contributed by atoms with van der Waals surface area (Å²) in [6, 6.07) is 13.9. The van der Waals surface area contributed by atoms with Crippen molar-refractivity contribution in [3.05, 3.63) is 71.1 Å². The van der Waals surface area contributed by atoms with E-state index in [1.807, 2.05) is 44.2 Å². The van der Waals surface area contributed by atoms with E-state index in [9.17, 15) is 19.5 Å². The molecule has 1 heterocycles. The van der Waals surface area contributed by atoms with Crippen LogP contribution in [0.1, 0.15) is 29.8 Å². The quantitative estimate of drug-likeness (QED) is 0.376. The summed E-state index contributed by atoms with van der Waals surface area (Å²) in [6.45, 7) is 4.34. The second-order valence-electron chi connectivity index (χ2n) is 5.78. The SMILES string of the molecule is CC.CNC(=O)c1cccc(NC2=C(NCc3ccccc3)C(=O)NC2=O)c1O. The molecule has 0 spiro atoms. The topological polar surface area (TPSA) is 120 Å². The van der Waals surface area contributed by atoms with Gasteiger partial charge in [0.2, 0.25) is 0 Å². The van der Waals surface area contributed by atoms with Crippen LogP contribution in [0.15, 0.2) is 59.9 Å². The van der Waals surface area contributed by atoms with Crippen molar-refractivity contribution < 1.29 is 19.5 Å². The van der Waals surface area contributed by atoms with E-state index >= 15 is 0 Å². The van der Waals surface area contributed by atoms with Crippen LogP contribution in [0.4, 0.5) is 5.69 Å². The summed E-state index contributed by atoms with van der Waals surface area (Å²) in [4.78, 5) is 36.0. The molecule has 152 valence electrons. The van der Waals surface area contributed by atoms with Gasteiger partial charge in [-0.25, -0.2) is 0 Å². The third kappa shape index (κ3) is 4.92. The van der Waals surface area contributed by atoms with Gasteiger partial charge in [0.05, 0.1) is 11.3 Å². The average Bonchev–Trinajstić information content (AvgIpc) is 3.02. The van der Waals surface area contributed by atoms with Crippen LogP contribution in [-0.4, -0.2) is 29.9 Å². The van der Waals surface area contributed by atoms with Crippen LogP contribution in [-0.2, 0) is 16.1 Å². The molecule has 1 aliphatic heterocycles. The fourth-order valence-corrected chi connectivity index (χ4v) is 2.63. The molecule has 0 saturated heterocycles. The number of nitrogens with one attached hydrogen (secondary N) is 4. The molecule has 3 amide bonds. The van der Waals surface area contributed by atoms with Gasteiger partial charge < -0.3 is 21.1 Å². The summed E-state index contributed by atoms with van der Waals surface area (Å²) in [5.74, 6) is -1.99. The smallest absolute Gasteiger partial charge is 0.276 e. The van der Waals surface area contributed by atoms with E-state index in [-0.39, 0.29) is 28.4 Å². The third-order valence-electron chi connectivity index (χ3n) is 4.01. The number of phenolic OH excluding ortho intramolecular Hbond substituents is 1. The molecule has 8 heteroatoms. The highest BCUT2D eigenvalue weighted by Crippen LogP contribution is 2.29. The number of rotatable bonds is 6. The van der Waals surface area contributed by atoms with Crippen LogP contribution in [0.2, 0.25) is 0 Å². The van der Waals surface area contributed by atoms with Gasteiger partial charge in [0, 0.05) is 13.6 Å². The number of hydrogen-bond donors (Lipinski definition) is 5. The van der Waals surface area contributed by atoms with Gasteiger partial charge in [-0.2, -0.15) is 0 Å². The monoisotopic (exact) mass is 396 g/mol. The molecule has 5 N–H and O–H groups in total. The van der Waals surface area contributed by atoms with Gasteiger partial charge in [0.25, 0.3) is 17.7 Å². The van der Waals surface area contributed by atoms with Crippen LogP contribution in [0.5, 0.6) is 5.75 Å². The summed E-state index contributed by atoms with van der Waals surface area (Å²) in [6.07, 6.45) is 0. The highest BCUT2D eigenvalue weighted by molar-refractivity contribution is 6.20. The number of amides is 3. The molecule has 3 rings (SSSR count). The predicted octanol–water partition coefficient (Wildman–Crippen LogP) is 1.85. The predicted molar refractivity (Wildman–Crippen MR) is 110 cm³/mol. The number of para-hydroxylation sites is 1. The van der Waals surface area contributed by atoms with Gasteiger partial charge in [-0.1, -0.05) is 50.2 Å². The summed E-state index contributed by atoms with van der Waals surface area (Å²) >= 11 is 0. The Morgan fingerprint density at radius 2 is 1.62 bits per heavy atom. The number of benzene rings is 2. The summed E-state index contributed by atoms with van der Waals surface area (Å²) in [5, 5.41) is 20.6. The lowest BCUT2D eigenvalue weighted by Crippen LogP contribution is -2.27. The zero-order valence-corrected chi connectivity index (χ0v) is 16.5. The minimum atomic E-state index is -0.625. The largest absolute Gasteiger partial charge is 0.505 e. The van der Waals surface area contributed by atoms with Gasteiger partial charge in [-0.15, -0.1) is 0 Å². The van der Waals surface area contributed by atoms with E-state index in [1.54, 1.807) is 6.07 Å². The molecule has 8 nitrogen and oxygen atoms in total. The van der Waals surface area contributed by atoms with Gasteiger partial charge >= 0.3 is 0 Å². The number of carbonyl (C=O) groups is 3. The molecular weight excluding hydrogens is 372 g/mol. The number of imide groups is 1. The van der Waals surface area contributed by atoms with Crippen molar-refractivity contribution in [1.82, 2.24) is 16.0 Å². The van der Waals surface area contributed by atoms with Crippen molar-refractivity contribution in [1.29, 1.82) is 0 Å². The average molecular weight is 396 g/mol. The molecule has 2 aromatic carbocycles. The lowest BCUT2D eigenvalue weighted by atomic mass is 10.1. The zero-order chi connectivity index (χ0) is 21.4. The van der Waals surface area contributed by atoms with Crippen molar-refractivity contribution in [2.75, 3.05) is 12.4 Å². The van der Waals surface area contributed by atoms with E-state index in [1.165, 1.54) is 19.2 Å². The first-order chi connectivity index (χ1) is 14.0. The summed E-state index contributed by atoms with van der Waals surface area (Å²) in [5.41, 5.74) is 1.15. The lowest BCUT2D eigenvalue weighted by Gasteiger charge is -2.12. The first kappa shape index (κ1) is 21.5. The molecule has 0 fully saturated rings. The van der Waals surface area contributed by atoms with Gasteiger partial charge in [-0.3, -0.25) is 19.7 Å². The Bertz CT molecular complexity index is 939. The molecule has 2 aromatic rings. The fraction of sp³-hybridized carbons (Fsp3) is 0.190. The highest BCUT2D eigenvalue weighted by atomic mass is 16.3. The van der Waals surface area contributed by atoms with Crippen molar-refractivity contribution >= 4 is 23.4 Å². The van der Waals surface area contributed by atoms with Gasteiger partial charge in [0.15, 0.2) is 5.75 Å². The molecule has 29 heavy (non-hydrogen) atoms. The van der Waals surface area contributed by atoms with Crippen molar-refractivity contribution in [3.8, 4) is 5.75 Å². The first-order valence-electron chi connectivity index (χ1n) is 9.20. The molecule has 0 unspecified atom stereocenters. The maximum Gasteiger partial charge on any atom is 0.276 e. The molecular formula is C21H24N4O4. The molecule has 0 bridgehead atoms. The van der Waals surface area contributed by atoms with Crippen molar-refractivity contribution in [2.45, 2.75) is 20.4 Å². The molecule has 1 aliphatic rings. The molecule has 0 radical (unpaired) electrons. The minimum absolute atomic E-state index is 0.0275. The maximum absolute atomic E-state index is 12.1. The van der Waals surface area contributed by atoms with E-state index in [2.05, 4.69) is 21.3 Å². The van der Waals surface area contributed by atoms with Crippen LogP contribution < -0.4 is 21.3 Å². The second-order valence-corrected chi connectivity index (χ2v) is 5.78. The second kappa shape index (κ2) is 9.93. The number of phenols is 1.